The number of carbonyl (C=O) groups excluding carboxylic acids is 2. The van der Waals surface area contributed by atoms with Crippen molar-refractivity contribution in [3.05, 3.63) is 0 Å². The summed E-state index contributed by atoms with van der Waals surface area (Å²) in [6, 6.07) is -1.75. The number of carboxylic acids is 1. The molecule has 7 nitrogen and oxygen atoms in total. The molecule has 0 bridgehead atoms. The van der Waals surface area contributed by atoms with Gasteiger partial charge in [-0.3, -0.25) is 4.79 Å². The van der Waals surface area contributed by atoms with Gasteiger partial charge in [0.25, 0.3) is 0 Å². The lowest BCUT2D eigenvalue weighted by atomic mass is 10.2. The molecule has 0 radical (unpaired) electrons. The summed E-state index contributed by atoms with van der Waals surface area (Å²) in [5, 5.41) is 13.5. The summed E-state index contributed by atoms with van der Waals surface area (Å²) in [4.78, 5) is 35.7. The molecular weight excluding hydrogens is 262 g/mol. The van der Waals surface area contributed by atoms with E-state index in [1.807, 2.05) is 0 Å². The first-order valence-electron chi connectivity index (χ1n) is 6.53. The van der Waals surface area contributed by atoms with Crippen molar-refractivity contribution in [2.24, 2.45) is 0 Å². The summed E-state index contributed by atoms with van der Waals surface area (Å²) >= 11 is 0. The molecule has 1 fully saturated rings. The maximum absolute atomic E-state index is 11.7. The fourth-order valence-corrected chi connectivity index (χ4v) is 1.93. The fraction of sp³-hybridized carbons (Fsp3) is 0.615. The van der Waals surface area contributed by atoms with Crippen LogP contribution >= 0.6 is 0 Å². The van der Waals surface area contributed by atoms with Crippen molar-refractivity contribution in [2.75, 3.05) is 19.6 Å². The van der Waals surface area contributed by atoms with Gasteiger partial charge in [-0.25, -0.2) is 9.59 Å². The number of terminal acetylenes is 1. The Hall–Kier alpha value is -2.23. The number of urea groups is 1. The van der Waals surface area contributed by atoms with E-state index in [4.69, 9.17) is 11.5 Å². The number of nitrogens with zero attached hydrogens (tertiary/aromatic N) is 1. The van der Waals surface area contributed by atoms with E-state index in [9.17, 15) is 14.4 Å². The highest BCUT2D eigenvalue weighted by molar-refractivity contribution is 5.83. The summed E-state index contributed by atoms with van der Waals surface area (Å²) < 4.78 is 0. The van der Waals surface area contributed by atoms with Crippen LogP contribution in [0.25, 0.3) is 0 Å². The molecule has 0 spiro atoms. The molecule has 1 saturated heterocycles. The lowest BCUT2D eigenvalue weighted by molar-refractivity contribution is -0.139. The van der Waals surface area contributed by atoms with Crippen molar-refractivity contribution in [3.63, 3.8) is 0 Å². The fourth-order valence-electron chi connectivity index (χ4n) is 1.93. The molecule has 0 aliphatic carbocycles. The number of nitrogens with one attached hydrogen (secondary N) is 2. The molecule has 7 heteroatoms. The molecule has 3 amide bonds. The summed E-state index contributed by atoms with van der Waals surface area (Å²) in [6.07, 6.45) is 7.18. The van der Waals surface area contributed by atoms with Crippen LogP contribution in [0.5, 0.6) is 0 Å². The largest absolute Gasteiger partial charge is 0.480 e. The van der Waals surface area contributed by atoms with Gasteiger partial charge in [0.2, 0.25) is 5.91 Å². The quantitative estimate of drug-likeness (QED) is 0.586. The van der Waals surface area contributed by atoms with Crippen molar-refractivity contribution in [1.82, 2.24) is 15.5 Å². The van der Waals surface area contributed by atoms with Gasteiger partial charge >= 0.3 is 12.0 Å². The molecule has 1 atom stereocenters. The molecule has 0 saturated carbocycles. The van der Waals surface area contributed by atoms with Gasteiger partial charge in [0.1, 0.15) is 6.04 Å². The highest BCUT2D eigenvalue weighted by Crippen LogP contribution is 2.08. The minimum absolute atomic E-state index is 0.00112. The number of carbonyl (C=O) groups is 3. The lowest BCUT2D eigenvalue weighted by Gasteiger charge is -2.16. The zero-order valence-electron chi connectivity index (χ0n) is 11.2. The van der Waals surface area contributed by atoms with E-state index in [2.05, 4.69) is 16.6 Å². The molecule has 0 aromatic carbocycles. The van der Waals surface area contributed by atoms with Crippen LogP contribution in [0.2, 0.25) is 0 Å². The van der Waals surface area contributed by atoms with Gasteiger partial charge < -0.3 is 20.6 Å². The minimum Gasteiger partial charge on any atom is -0.480 e. The number of carboxylic acid groups (broad SMARTS) is 1. The first-order valence-corrected chi connectivity index (χ1v) is 6.53. The molecule has 1 unspecified atom stereocenters. The van der Waals surface area contributed by atoms with Gasteiger partial charge in [0.15, 0.2) is 0 Å². The van der Waals surface area contributed by atoms with Crippen molar-refractivity contribution in [1.29, 1.82) is 0 Å². The third-order valence-electron chi connectivity index (χ3n) is 3.01. The zero-order valence-corrected chi connectivity index (χ0v) is 11.2. The molecule has 3 N–H and O–H groups in total. The normalized spacial score (nSPS) is 15.2. The first-order chi connectivity index (χ1) is 9.54. The van der Waals surface area contributed by atoms with Crippen LogP contribution in [0.4, 0.5) is 4.79 Å². The Morgan fingerprint density at radius 1 is 1.30 bits per heavy atom. The maximum atomic E-state index is 11.7. The average molecular weight is 281 g/mol. The summed E-state index contributed by atoms with van der Waals surface area (Å²) in [5.41, 5.74) is 0. The highest BCUT2D eigenvalue weighted by atomic mass is 16.4. The second-order valence-corrected chi connectivity index (χ2v) is 4.54. The Morgan fingerprint density at radius 2 is 1.95 bits per heavy atom. The van der Waals surface area contributed by atoms with Crippen LogP contribution in [0, 0.1) is 12.3 Å². The zero-order chi connectivity index (χ0) is 15.0. The van der Waals surface area contributed by atoms with E-state index in [1.54, 1.807) is 4.90 Å². The molecule has 0 aromatic heterocycles. The van der Waals surface area contributed by atoms with Crippen molar-refractivity contribution in [3.8, 4) is 12.3 Å². The second-order valence-electron chi connectivity index (χ2n) is 4.54. The first kappa shape index (κ1) is 15.8. The Kier molecular flexibility index (Phi) is 6.37. The topological polar surface area (TPSA) is 98.7 Å². The van der Waals surface area contributed by atoms with Gasteiger partial charge in [0, 0.05) is 32.5 Å². The van der Waals surface area contributed by atoms with E-state index in [0.29, 0.717) is 0 Å². The number of rotatable bonds is 6. The van der Waals surface area contributed by atoms with Crippen LogP contribution in [-0.2, 0) is 9.59 Å². The van der Waals surface area contributed by atoms with E-state index in [0.717, 1.165) is 25.9 Å². The van der Waals surface area contributed by atoms with E-state index in [-0.39, 0.29) is 25.3 Å². The third-order valence-corrected chi connectivity index (χ3v) is 3.01. The number of likely N-dealkylation sites (tertiary alicyclic amines) is 1. The molecular formula is C13H19N3O4. The van der Waals surface area contributed by atoms with Crippen molar-refractivity contribution >= 4 is 17.9 Å². The Labute approximate surface area is 117 Å². The number of aliphatic carboxylic acids is 1. The standard InChI is InChI=1S/C13H19N3O4/c1-2-5-10(12(18)19)15-13(20)14-7-6-11(17)16-8-3-4-9-16/h1,10H,3-9H2,(H,18,19)(H2,14,15,20). The Balaban J connectivity index is 2.23. The lowest BCUT2D eigenvalue weighted by Crippen LogP contribution is -2.46. The highest BCUT2D eigenvalue weighted by Gasteiger charge is 2.20. The number of hydrogen-bond acceptors (Lipinski definition) is 3. The van der Waals surface area contributed by atoms with Crippen LogP contribution in [0.15, 0.2) is 0 Å². The Morgan fingerprint density at radius 3 is 2.50 bits per heavy atom. The van der Waals surface area contributed by atoms with Crippen molar-refractivity contribution in [2.45, 2.75) is 31.7 Å². The molecule has 0 aromatic rings. The third kappa shape index (κ3) is 5.18. The van der Waals surface area contributed by atoms with Gasteiger partial charge in [-0.05, 0) is 12.8 Å². The van der Waals surface area contributed by atoms with Crippen LogP contribution in [0.1, 0.15) is 25.7 Å². The molecule has 1 aliphatic rings. The molecule has 1 rings (SSSR count). The van der Waals surface area contributed by atoms with Crippen LogP contribution < -0.4 is 10.6 Å². The number of hydrogen-bond donors (Lipinski definition) is 3. The summed E-state index contributed by atoms with van der Waals surface area (Å²) in [7, 11) is 0. The number of amides is 3. The van der Waals surface area contributed by atoms with Gasteiger partial charge in [0.05, 0.1) is 0 Å². The molecule has 1 heterocycles. The molecule has 20 heavy (non-hydrogen) atoms. The van der Waals surface area contributed by atoms with E-state index in [1.165, 1.54) is 0 Å². The van der Waals surface area contributed by atoms with Gasteiger partial charge in [-0.15, -0.1) is 12.3 Å². The second kappa shape index (κ2) is 8.04. The monoisotopic (exact) mass is 281 g/mol. The SMILES string of the molecule is C#CCC(NC(=O)NCCC(=O)N1CCCC1)C(=O)O. The van der Waals surface area contributed by atoms with Gasteiger partial charge in [-0.1, -0.05) is 0 Å². The maximum Gasteiger partial charge on any atom is 0.327 e. The van der Waals surface area contributed by atoms with Crippen LogP contribution in [0.3, 0.4) is 0 Å². The van der Waals surface area contributed by atoms with E-state index >= 15 is 0 Å². The molecule has 110 valence electrons. The Bertz CT molecular complexity index is 410. The smallest absolute Gasteiger partial charge is 0.327 e. The predicted molar refractivity (Wildman–Crippen MR) is 71.8 cm³/mol. The minimum atomic E-state index is -1.19. The van der Waals surface area contributed by atoms with E-state index < -0.39 is 18.0 Å². The predicted octanol–water partition coefficient (Wildman–Crippen LogP) is -0.225. The van der Waals surface area contributed by atoms with Gasteiger partial charge in [-0.2, -0.15) is 0 Å². The molecule has 1 aliphatic heterocycles. The summed E-state index contributed by atoms with van der Waals surface area (Å²) in [6.45, 7) is 1.71. The average Bonchev–Trinajstić information content (AvgIpc) is 2.91. The summed E-state index contributed by atoms with van der Waals surface area (Å²) in [5.74, 6) is 0.994. The van der Waals surface area contributed by atoms with Crippen molar-refractivity contribution < 1.29 is 19.5 Å². The van der Waals surface area contributed by atoms with Crippen LogP contribution in [-0.4, -0.2) is 53.6 Å².